The Balaban J connectivity index is 3.03. The number of aliphatic imine (C=N–C) groups is 1. The summed E-state index contributed by atoms with van der Waals surface area (Å²) in [7, 11) is 0. The summed E-state index contributed by atoms with van der Waals surface area (Å²) in [6, 6.07) is 0. The Morgan fingerprint density at radius 1 is 1.56 bits per heavy atom. The van der Waals surface area contributed by atoms with Crippen LogP contribution in [0.1, 0.15) is 12.8 Å². The maximum Gasteiger partial charge on any atom is 0.125 e. The maximum absolute atomic E-state index is 9.73. The molecule has 50 valence electrons. The number of rotatable bonds is 5. The molecule has 0 heterocycles. The van der Waals surface area contributed by atoms with Crippen molar-refractivity contribution >= 4 is 12.5 Å². The van der Waals surface area contributed by atoms with E-state index < -0.39 is 0 Å². The molecule has 0 radical (unpaired) electrons. The molecule has 0 aromatic heterocycles. The van der Waals surface area contributed by atoms with E-state index in [2.05, 4.69) is 11.6 Å². The van der Waals surface area contributed by atoms with Gasteiger partial charge in [0.05, 0.1) is 0 Å². The van der Waals surface area contributed by atoms with E-state index in [1.54, 1.807) is 12.3 Å². The lowest BCUT2D eigenvalue weighted by Crippen LogP contribution is -1.79. The van der Waals surface area contributed by atoms with Crippen LogP contribution in [0.3, 0.4) is 0 Å². The minimum atomic E-state index is 0.428. The molecule has 0 spiro atoms. The van der Waals surface area contributed by atoms with Crippen LogP contribution in [0.2, 0.25) is 0 Å². The van der Waals surface area contributed by atoms with Crippen molar-refractivity contribution in [3.05, 3.63) is 12.7 Å². The molecule has 0 aromatic rings. The predicted molar refractivity (Wildman–Crippen MR) is 38.9 cm³/mol. The largest absolute Gasteiger partial charge is 0.303 e. The second-order valence-electron chi connectivity index (χ2n) is 1.57. The summed E-state index contributed by atoms with van der Waals surface area (Å²) < 4.78 is 0. The Bertz CT molecular complexity index is 107. The van der Waals surface area contributed by atoms with Gasteiger partial charge in [-0.2, -0.15) is 0 Å². The van der Waals surface area contributed by atoms with Gasteiger partial charge >= 0.3 is 0 Å². The Morgan fingerprint density at radius 2 is 2.33 bits per heavy atom. The molecule has 0 amide bonds. The summed E-state index contributed by atoms with van der Waals surface area (Å²) in [6.45, 7) is 4.28. The number of hydrogen-bond acceptors (Lipinski definition) is 2. The van der Waals surface area contributed by atoms with Gasteiger partial charge in [0.1, 0.15) is 6.29 Å². The second kappa shape index (κ2) is 7.08. The van der Waals surface area contributed by atoms with Crippen LogP contribution in [0.5, 0.6) is 0 Å². The topological polar surface area (TPSA) is 29.4 Å². The van der Waals surface area contributed by atoms with E-state index in [0.29, 0.717) is 6.42 Å². The molecule has 2 nitrogen and oxygen atoms in total. The molecule has 0 atom stereocenters. The fraction of sp³-hybridized carbons (Fsp3) is 0.429. The highest BCUT2D eigenvalue weighted by atomic mass is 16.1. The third-order valence-electron chi connectivity index (χ3n) is 0.793. The monoisotopic (exact) mass is 125 g/mol. The number of aldehydes is 1. The van der Waals surface area contributed by atoms with Crippen LogP contribution < -0.4 is 0 Å². The normalized spacial score (nSPS) is 9.78. The molecule has 0 N–H and O–H groups in total. The van der Waals surface area contributed by atoms with Gasteiger partial charge in [-0.3, -0.25) is 4.99 Å². The molecule has 9 heavy (non-hydrogen) atoms. The SMILES string of the molecule is C=CCCN=CCC=O. The van der Waals surface area contributed by atoms with Crippen LogP contribution in [-0.2, 0) is 4.79 Å². The van der Waals surface area contributed by atoms with E-state index in [1.165, 1.54) is 0 Å². The highest BCUT2D eigenvalue weighted by molar-refractivity contribution is 5.76. The van der Waals surface area contributed by atoms with Gasteiger partial charge in [0.2, 0.25) is 0 Å². The summed E-state index contributed by atoms with van der Waals surface area (Å²) in [4.78, 5) is 13.6. The van der Waals surface area contributed by atoms with Crippen LogP contribution in [-0.4, -0.2) is 19.0 Å². The Kier molecular flexibility index (Phi) is 6.36. The zero-order valence-corrected chi connectivity index (χ0v) is 5.42. The number of carbonyl (C=O) groups excluding carboxylic acids is 1. The van der Waals surface area contributed by atoms with Crippen LogP contribution in [0.25, 0.3) is 0 Å². The second-order valence-corrected chi connectivity index (χ2v) is 1.57. The summed E-state index contributed by atoms with van der Waals surface area (Å²) in [5, 5.41) is 0. The fourth-order valence-electron chi connectivity index (χ4n) is 0.375. The Morgan fingerprint density at radius 3 is 2.89 bits per heavy atom. The highest BCUT2D eigenvalue weighted by Gasteiger charge is 1.73. The van der Waals surface area contributed by atoms with Crippen molar-refractivity contribution in [3.63, 3.8) is 0 Å². The number of nitrogens with zero attached hydrogens (tertiary/aromatic N) is 1. The fourth-order valence-corrected chi connectivity index (χ4v) is 0.375. The van der Waals surface area contributed by atoms with Gasteiger partial charge in [-0.1, -0.05) is 6.08 Å². The van der Waals surface area contributed by atoms with E-state index in [9.17, 15) is 4.79 Å². The van der Waals surface area contributed by atoms with E-state index in [0.717, 1.165) is 19.3 Å². The highest BCUT2D eigenvalue weighted by Crippen LogP contribution is 1.79. The van der Waals surface area contributed by atoms with Crippen molar-refractivity contribution in [1.82, 2.24) is 0 Å². The standard InChI is InChI=1S/C7H11NO/c1-2-3-5-8-6-4-7-9/h2,6-7H,1,3-5H2. The molecule has 0 saturated carbocycles. The summed E-state index contributed by atoms with van der Waals surface area (Å²) >= 11 is 0. The van der Waals surface area contributed by atoms with Gasteiger partial charge in [-0.15, -0.1) is 6.58 Å². The summed E-state index contributed by atoms with van der Waals surface area (Å²) in [5.74, 6) is 0. The quantitative estimate of drug-likeness (QED) is 0.235. The van der Waals surface area contributed by atoms with Gasteiger partial charge < -0.3 is 4.79 Å². The first-order chi connectivity index (χ1) is 4.41. The zero-order valence-electron chi connectivity index (χ0n) is 5.42. The van der Waals surface area contributed by atoms with Crippen molar-refractivity contribution in [1.29, 1.82) is 0 Å². The van der Waals surface area contributed by atoms with Crippen molar-refractivity contribution < 1.29 is 4.79 Å². The average molecular weight is 125 g/mol. The van der Waals surface area contributed by atoms with Crippen LogP contribution in [0.4, 0.5) is 0 Å². The molecule has 0 aliphatic heterocycles. The molecule has 0 aliphatic carbocycles. The first kappa shape index (κ1) is 8.08. The van der Waals surface area contributed by atoms with E-state index in [-0.39, 0.29) is 0 Å². The van der Waals surface area contributed by atoms with Crippen LogP contribution in [0.15, 0.2) is 17.6 Å². The van der Waals surface area contributed by atoms with Gasteiger partial charge in [0, 0.05) is 19.2 Å². The average Bonchev–Trinajstić information content (AvgIpc) is 1.89. The van der Waals surface area contributed by atoms with Crippen molar-refractivity contribution in [2.75, 3.05) is 6.54 Å². The minimum absolute atomic E-state index is 0.428. The lowest BCUT2D eigenvalue weighted by Gasteiger charge is -1.82. The van der Waals surface area contributed by atoms with E-state index >= 15 is 0 Å². The summed E-state index contributed by atoms with van der Waals surface area (Å²) in [5.41, 5.74) is 0. The first-order valence-electron chi connectivity index (χ1n) is 2.94. The molecule has 0 fully saturated rings. The number of carbonyl (C=O) groups is 1. The smallest absolute Gasteiger partial charge is 0.125 e. The molecular weight excluding hydrogens is 114 g/mol. The molecular formula is C7H11NO. The molecule has 0 saturated heterocycles. The van der Waals surface area contributed by atoms with Crippen molar-refractivity contribution in [2.45, 2.75) is 12.8 Å². The maximum atomic E-state index is 9.73. The van der Waals surface area contributed by atoms with Crippen LogP contribution in [0, 0.1) is 0 Å². The van der Waals surface area contributed by atoms with Gasteiger partial charge in [-0.05, 0) is 6.42 Å². The Hall–Kier alpha value is -0.920. The molecule has 0 bridgehead atoms. The zero-order chi connectivity index (χ0) is 6.95. The number of hydrogen-bond donors (Lipinski definition) is 0. The lowest BCUT2D eigenvalue weighted by atomic mass is 10.4. The third-order valence-corrected chi connectivity index (χ3v) is 0.793. The lowest BCUT2D eigenvalue weighted by molar-refractivity contribution is -0.106. The minimum Gasteiger partial charge on any atom is -0.303 e. The molecule has 0 unspecified atom stereocenters. The van der Waals surface area contributed by atoms with E-state index in [4.69, 9.17) is 0 Å². The van der Waals surface area contributed by atoms with Crippen LogP contribution >= 0.6 is 0 Å². The van der Waals surface area contributed by atoms with Gasteiger partial charge in [-0.25, -0.2) is 0 Å². The Labute approximate surface area is 55.3 Å². The first-order valence-corrected chi connectivity index (χ1v) is 2.94. The third kappa shape index (κ3) is 7.08. The molecule has 2 heteroatoms. The molecule has 0 aliphatic rings. The molecule has 0 aromatic carbocycles. The van der Waals surface area contributed by atoms with Gasteiger partial charge in [0.25, 0.3) is 0 Å². The van der Waals surface area contributed by atoms with E-state index in [1.807, 2.05) is 0 Å². The van der Waals surface area contributed by atoms with Crippen molar-refractivity contribution in [3.8, 4) is 0 Å². The summed E-state index contributed by atoms with van der Waals surface area (Å²) in [6.07, 6.45) is 5.57. The predicted octanol–water partition coefficient (Wildman–Crippen LogP) is 1.22. The van der Waals surface area contributed by atoms with Crippen molar-refractivity contribution in [2.24, 2.45) is 4.99 Å². The molecule has 0 rings (SSSR count). The van der Waals surface area contributed by atoms with Gasteiger partial charge in [0.15, 0.2) is 0 Å².